The van der Waals surface area contributed by atoms with E-state index in [0.29, 0.717) is 22.9 Å². The van der Waals surface area contributed by atoms with Crippen molar-refractivity contribution in [3.8, 4) is 0 Å². The maximum atomic E-state index is 14.6. The predicted molar refractivity (Wildman–Crippen MR) is 131 cm³/mol. The summed E-state index contributed by atoms with van der Waals surface area (Å²) >= 11 is 0. The second-order valence-corrected chi connectivity index (χ2v) is 10.2. The molecule has 5 nitrogen and oxygen atoms in total. The van der Waals surface area contributed by atoms with Crippen LogP contribution in [0.3, 0.4) is 0 Å². The van der Waals surface area contributed by atoms with Gasteiger partial charge in [0.05, 0.1) is 22.1 Å². The zero-order valence-electron chi connectivity index (χ0n) is 19.7. The van der Waals surface area contributed by atoms with Gasteiger partial charge in [-0.15, -0.1) is 0 Å². The Balaban J connectivity index is 1.18. The van der Waals surface area contributed by atoms with E-state index in [1.54, 1.807) is 18.2 Å². The summed E-state index contributed by atoms with van der Waals surface area (Å²) in [6, 6.07) is 9.93. The summed E-state index contributed by atoms with van der Waals surface area (Å²) in [6.07, 6.45) is 7.83. The van der Waals surface area contributed by atoms with Gasteiger partial charge in [0.1, 0.15) is 17.5 Å². The molecule has 1 atom stereocenters. The van der Waals surface area contributed by atoms with E-state index in [1.807, 2.05) is 12.3 Å². The lowest BCUT2D eigenvalue weighted by Gasteiger charge is -2.32. The minimum Gasteiger partial charge on any atom is -0.349 e. The molecule has 2 aromatic heterocycles. The largest absolute Gasteiger partial charge is 0.349 e. The summed E-state index contributed by atoms with van der Waals surface area (Å²) in [5, 5.41) is 3.75. The molecule has 0 aliphatic heterocycles. The summed E-state index contributed by atoms with van der Waals surface area (Å²) in [4.78, 5) is 24.8. The maximum Gasteiger partial charge on any atom is 0.254 e. The first-order valence-corrected chi connectivity index (χ1v) is 12.5. The molecule has 6 rings (SSSR count). The average molecular weight is 475 g/mol. The number of nitrogens with zero attached hydrogens (tertiary/aromatic N) is 2. The normalized spacial score (nSPS) is 21.3. The van der Waals surface area contributed by atoms with Gasteiger partial charge >= 0.3 is 0 Å². The monoisotopic (exact) mass is 474 g/mol. The molecule has 180 valence electrons. The molecule has 0 bridgehead atoms. The first kappa shape index (κ1) is 22.1. The highest BCUT2D eigenvalue weighted by Gasteiger charge is 2.30. The molecule has 2 aliphatic rings. The predicted octanol–water partition coefficient (Wildman–Crippen LogP) is 6.36. The number of hydrogen-bond acceptors (Lipinski definition) is 3. The number of aromatic nitrogens is 3. The van der Waals surface area contributed by atoms with Gasteiger partial charge < -0.3 is 10.3 Å². The Morgan fingerprint density at radius 2 is 1.83 bits per heavy atom. The molecule has 0 spiro atoms. The van der Waals surface area contributed by atoms with Crippen LogP contribution in [0.5, 0.6) is 0 Å². The summed E-state index contributed by atoms with van der Waals surface area (Å²) in [5.41, 5.74) is 3.30. The second-order valence-electron chi connectivity index (χ2n) is 10.2. The molecular weight excluding hydrogens is 446 g/mol. The smallest absolute Gasteiger partial charge is 0.254 e. The van der Waals surface area contributed by atoms with Crippen molar-refractivity contribution >= 4 is 27.8 Å². The van der Waals surface area contributed by atoms with Gasteiger partial charge in [-0.3, -0.25) is 9.78 Å². The molecule has 1 amide bonds. The number of halogens is 2. The minimum atomic E-state index is -0.528. The lowest BCUT2D eigenvalue weighted by atomic mass is 9.73. The van der Waals surface area contributed by atoms with Crippen LogP contribution in [0, 0.1) is 17.6 Å². The number of fused-ring (bicyclic) bond motifs is 2. The van der Waals surface area contributed by atoms with Crippen molar-refractivity contribution in [3.63, 3.8) is 0 Å². The summed E-state index contributed by atoms with van der Waals surface area (Å²) in [6.45, 7) is 2.16. The van der Waals surface area contributed by atoms with E-state index in [2.05, 4.69) is 22.2 Å². The highest BCUT2D eigenvalue weighted by atomic mass is 19.1. The van der Waals surface area contributed by atoms with Crippen molar-refractivity contribution in [3.05, 3.63) is 71.2 Å². The average Bonchev–Trinajstić information content (AvgIpc) is 3.58. The molecule has 2 aliphatic carbocycles. The fraction of sp³-hybridized carbons (Fsp3) is 0.393. The number of pyridine rings is 1. The van der Waals surface area contributed by atoms with Crippen molar-refractivity contribution < 1.29 is 13.6 Å². The topological polar surface area (TPSA) is 70.7 Å². The number of benzene rings is 2. The highest BCUT2D eigenvalue weighted by Crippen LogP contribution is 2.43. The first-order chi connectivity index (χ1) is 17.0. The van der Waals surface area contributed by atoms with E-state index in [0.717, 1.165) is 55.3 Å². The second kappa shape index (κ2) is 8.70. The molecule has 35 heavy (non-hydrogen) atoms. The fourth-order valence-corrected chi connectivity index (χ4v) is 5.58. The molecule has 2 aromatic carbocycles. The summed E-state index contributed by atoms with van der Waals surface area (Å²) in [7, 11) is 0. The summed E-state index contributed by atoms with van der Waals surface area (Å²) < 4.78 is 28.5. The SMILES string of the molecule is CC(c1nc2cc(C(=O)NC3CC3)c(F)cc2[nH]1)[C@H]1CC[C@@H](c2ccnc3ccc(F)cc32)CC1. The third-order valence-electron chi connectivity index (χ3n) is 7.83. The first-order valence-electron chi connectivity index (χ1n) is 12.5. The van der Waals surface area contributed by atoms with E-state index in [9.17, 15) is 13.6 Å². The van der Waals surface area contributed by atoms with E-state index in [4.69, 9.17) is 4.98 Å². The van der Waals surface area contributed by atoms with Crippen LogP contribution >= 0.6 is 0 Å². The number of imidazole rings is 1. The molecule has 0 saturated heterocycles. The number of nitrogens with one attached hydrogen (secondary N) is 2. The maximum absolute atomic E-state index is 14.6. The highest BCUT2D eigenvalue weighted by molar-refractivity contribution is 5.98. The molecule has 2 N–H and O–H groups in total. The van der Waals surface area contributed by atoms with Crippen LogP contribution < -0.4 is 5.32 Å². The number of carbonyl (C=O) groups excluding carboxylic acids is 1. The Hall–Kier alpha value is -3.35. The van der Waals surface area contributed by atoms with Gasteiger partial charge in [-0.05, 0) is 86.3 Å². The Kier molecular flexibility index (Phi) is 5.50. The number of carbonyl (C=O) groups is 1. The molecule has 2 saturated carbocycles. The number of aromatic amines is 1. The Labute approximate surface area is 202 Å². The number of amides is 1. The molecule has 1 unspecified atom stereocenters. The molecule has 2 heterocycles. The number of hydrogen-bond donors (Lipinski definition) is 2. The van der Waals surface area contributed by atoms with Crippen molar-refractivity contribution in [1.29, 1.82) is 0 Å². The third kappa shape index (κ3) is 4.28. The molecule has 0 radical (unpaired) electrons. The minimum absolute atomic E-state index is 0.0524. The van der Waals surface area contributed by atoms with Crippen molar-refractivity contribution in [2.45, 2.75) is 63.3 Å². The van der Waals surface area contributed by atoms with E-state index >= 15 is 0 Å². The lowest BCUT2D eigenvalue weighted by molar-refractivity contribution is 0.0947. The fourth-order valence-electron chi connectivity index (χ4n) is 5.58. The number of rotatable bonds is 5. The van der Waals surface area contributed by atoms with Crippen LogP contribution in [0.15, 0.2) is 42.6 Å². The van der Waals surface area contributed by atoms with Gasteiger partial charge in [-0.2, -0.15) is 0 Å². The van der Waals surface area contributed by atoms with Crippen molar-refractivity contribution in [2.75, 3.05) is 0 Å². The van der Waals surface area contributed by atoms with Crippen molar-refractivity contribution in [2.24, 2.45) is 5.92 Å². The number of H-pyrrole nitrogens is 1. The molecule has 2 fully saturated rings. The standard InChI is InChI=1S/C28H28F2N4O/c1-15(27-33-25-13-22(23(30)14-26(25)34-27)28(35)32-19-7-8-19)16-2-4-17(5-3-16)20-10-11-31-24-9-6-18(29)12-21(20)24/h6,9-17,19H,2-5,7-8H2,1H3,(H,32,35)(H,33,34)/t15?,16-,17+. The van der Waals surface area contributed by atoms with Gasteiger partial charge in [0.15, 0.2) is 0 Å². The van der Waals surface area contributed by atoms with Gasteiger partial charge in [-0.25, -0.2) is 13.8 Å². The van der Waals surface area contributed by atoms with Gasteiger partial charge in [-0.1, -0.05) is 6.92 Å². The van der Waals surface area contributed by atoms with Crippen LogP contribution in [0.4, 0.5) is 8.78 Å². The Bertz CT molecular complexity index is 1420. The van der Waals surface area contributed by atoms with Gasteiger partial charge in [0.2, 0.25) is 0 Å². The van der Waals surface area contributed by atoms with Crippen LogP contribution in [0.25, 0.3) is 21.9 Å². The Morgan fingerprint density at radius 3 is 2.60 bits per heavy atom. The van der Waals surface area contributed by atoms with Gasteiger partial charge in [0.25, 0.3) is 5.91 Å². The lowest BCUT2D eigenvalue weighted by Crippen LogP contribution is -2.26. The Morgan fingerprint density at radius 1 is 1.03 bits per heavy atom. The zero-order chi connectivity index (χ0) is 24.1. The summed E-state index contributed by atoms with van der Waals surface area (Å²) in [5.74, 6) is 0.706. The van der Waals surface area contributed by atoms with Crippen molar-refractivity contribution in [1.82, 2.24) is 20.3 Å². The quantitative estimate of drug-likeness (QED) is 0.354. The van der Waals surface area contributed by atoms with Crippen LogP contribution in [-0.4, -0.2) is 26.9 Å². The van der Waals surface area contributed by atoms with E-state index in [-0.39, 0.29) is 29.2 Å². The zero-order valence-corrected chi connectivity index (χ0v) is 19.7. The van der Waals surface area contributed by atoms with Crippen LogP contribution in [0.1, 0.15) is 79.0 Å². The van der Waals surface area contributed by atoms with E-state index in [1.165, 1.54) is 17.7 Å². The molecular formula is C28H28F2N4O. The van der Waals surface area contributed by atoms with E-state index < -0.39 is 5.82 Å². The molecule has 4 aromatic rings. The van der Waals surface area contributed by atoms with Crippen LogP contribution in [-0.2, 0) is 0 Å². The van der Waals surface area contributed by atoms with Gasteiger partial charge in [0, 0.05) is 29.6 Å². The third-order valence-corrected chi connectivity index (χ3v) is 7.83. The van der Waals surface area contributed by atoms with Crippen LogP contribution in [0.2, 0.25) is 0 Å². The molecule has 7 heteroatoms.